The molecular formula is C15H14O3. The topological polar surface area (TPSA) is 49.7 Å². The van der Waals surface area contributed by atoms with Gasteiger partial charge in [0.2, 0.25) is 0 Å². The molecule has 2 aromatic rings. The Labute approximate surface area is 106 Å². The lowest BCUT2D eigenvalue weighted by atomic mass is 10.1. The second-order valence-electron chi connectivity index (χ2n) is 3.82. The molecule has 3 nitrogen and oxygen atoms in total. The van der Waals surface area contributed by atoms with Crippen molar-refractivity contribution in [1.82, 2.24) is 0 Å². The Kier molecular flexibility index (Phi) is 3.53. The van der Waals surface area contributed by atoms with Crippen LogP contribution in [-0.2, 0) is 0 Å². The van der Waals surface area contributed by atoms with Crippen LogP contribution in [0.3, 0.4) is 0 Å². The number of aliphatic hydroxyl groups is 1. The van der Waals surface area contributed by atoms with E-state index in [9.17, 15) is 10.2 Å². The number of methoxy groups -OCH3 is 1. The maximum atomic E-state index is 9.98. The molecule has 0 aliphatic carbocycles. The zero-order valence-corrected chi connectivity index (χ0v) is 10.00. The Balaban J connectivity index is 2.34. The molecule has 2 aromatic carbocycles. The van der Waals surface area contributed by atoms with Gasteiger partial charge in [-0.3, -0.25) is 0 Å². The van der Waals surface area contributed by atoms with E-state index in [0.29, 0.717) is 11.3 Å². The van der Waals surface area contributed by atoms with Gasteiger partial charge in [0.15, 0.2) is 0 Å². The molecule has 0 saturated heterocycles. The Morgan fingerprint density at radius 2 is 1.83 bits per heavy atom. The van der Waals surface area contributed by atoms with Crippen LogP contribution in [0.25, 0.3) is 11.8 Å². The predicted molar refractivity (Wildman–Crippen MR) is 71.6 cm³/mol. The Morgan fingerprint density at radius 1 is 1.11 bits per heavy atom. The number of phenolic OH excluding ortho intramolecular Hbond substituents is 1. The van der Waals surface area contributed by atoms with E-state index in [1.54, 1.807) is 18.2 Å². The van der Waals surface area contributed by atoms with Crippen LogP contribution in [-0.4, -0.2) is 17.3 Å². The Hall–Kier alpha value is -2.42. The minimum atomic E-state index is -0.0148. The third-order valence-corrected chi connectivity index (χ3v) is 2.58. The molecule has 0 amide bonds. The largest absolute Gasteiger partial charge is 0.507 e. The highest BCUT2D eigenvalue weighted by Crippen LogP contribution is 2.28. The van der Waals surface area contributed by atoms with Gasteiger partial charge in [-0.05, 0) is 23.8 Å². The summed E-state index contributed by atoms with van der Waals surface area (Å²) in [6.45, 7) is 0. The van der Waals surface area contributed by atoms with Crippen LogP contribution in [0.15, 0.2) is 48.5 Å². The molecular weight excluding hydrogens is 228 g/mol. The fourth-order valence-electron chi connectivity index (χ4n) is 1.64. The number of aliphatic hydroxyl groups excluding tert-OH is 1. The molecule has 0 aliphatic heterocycles. The van der Waals surface area contributed by atoms with Gasteiger partial charge in [-0.25, -0.2) is 0 Å². The fraction of sp³-hybridized carbons (Fsp3) is 0.0667. The van der Waals surface area contributed by atoms with E-state index < -0.39 is 0 Å². The SMILES string of the molecule is COc1ccc(/C(O)=C/c2ccccc2)c(O)c1. The van der Waals surface area contributed by atoms with Gasteiger partial charge >= 0.3 is 0 Å². The van der Waals surface area contributed by atoms with Gasteiger partial charge < -0.3 is 14.9 Å². The average molecular weight is 242 g/mol. The fourth-order valence-corrected chi connectivity index (χ4v) is 1.64. The van der Waals surface area contributed by atoms with Crippen molar-refractivity contribution >= 4 is 11.8 Å². The second kappa shape index (κ2) is 5.27. The minimum absolute atomic E-state index is 0.0148. The molecule has 0 saturated carbocycles. The first kappa shape index (κ1) is 12.0. The second-order valence-corrected chi connectivity index (χ2v) is 3.82. The molecule has 92 valence electrons. The zero-order chi connectivity index (χ0) is 13.0. The standard InChI is InChI=1S/C15H14O3/c1-18-12-7-8-13(15(17)10-12)14(16)9-11-5-3-2-4-6-11/h2-10,16-17H,1H3/b14-9-. The van der Waals surface area contributed by atoms with Gasteiger partial charge in [0.25, 0.3) is 0 Å². The number of benzene rings is 2. The summed E-state index contributed by atoms with van der Waals surface area (Å²) in [4.78, 5) is 0. The highest BCUT2D eigenvalue weighted by atomic mass is 16.5. The molecule has 18 heavy (non-hydrogen) atoms. The van der Waals surface area contributed by atoms with Gasteiger partial charge in [0.05, 0.1) is 12.7 Å². The lowest BCUT2D eigenvalue weighted by Gasteiger charge is -2.06. The lowest BCUT2D eigenvalue weighted by Crippen LogP contribution is -1.87. The van der Waals surface area contributed by atoms with E-state index in [1.165, 1.54) is 13.2 Å². The van der Waals surface area contributed by atoms with Crippen molar-refractivity contribution in [2.24, 2.45) is 0 Å². The lowest BCUT2D eigenvalue weighted by molar-refractivity contribution is 0.406. The molecule has 0 atom stereocenters. The summed E-state index contributed by atoms with van der Waals surface area (Å²) in [7, 11) is 1.52. The molecule has 2 rings (SSSR count). The van der Waals surface area contributed by atoms with Crippen molar-refractivity contribution in [3.05, 3.63) is 59.7 Å². The van der Waals surface area contributed by atoms with Crippen molar-refractivity contribution in [1.29, 1.82) is 0 Å². The monoisotopic (exact) mass is 242 g/mol. The van der Waals surface area contributed by atoms with Gasteiger partial charge in [-0.2, -0.15) is 0 Å². The van der Waals surface area contributed by atoms with Crippen LogP contribution >= 0.6 is 0 Å². The quantitative estimate of drug-likeness (QED) is 0.640. The number of rotatable bonds is 3. The number of hydrogen-bond donors (Lipinski definition) is 2. The molecule has 0 aliphatic rings. The van der Waals surface area contributed by atoms with Gasteiger partial charge in [0, 0.05) is 6.07 Å². The van der Waals surface area contributed by atoms with E-state index in [0.717, 1.165) is 5.56 Å². The smallest absolute Gasteiger partial charge is 0.130 e. The molecule has 0 spiro atoms. The summed E-state index contributed by atoms with van der Waals surface area (Å²) >= 11 is 0. The summed E-state index contributed by atoms with van der Waals surface area (Å²) in [6, 6.07) is 14.2. The van der Waals surface area contributed by atoms with Crippen LogP contribution < -0.4 is 4.74 Å². The van der Waals surface area contributed by atoms with Crippen LogP contribution in [0.1, 0.15) is 11.1 Å². The maximum Gasteiger partial charge on any atom is 0.130 e. The number of ether oxygens (including phenoxy) is 1. The van der Waals surface area contributed by atoms with Crippen molar-refractivity contribution < 1.29 is 14.9 Å². The van der Waals surface area contributed by atoms with Crippen LogP contribution in [0.2, 0.25) is 0 Å². The highest BCUT2D eigenvalue weighted by molar-refractivity contribution is 5.79. The first-order valence-corrected chi connectivity index (χ1v) is 5.54. The normalized spacial score (nSPS) is 11.3. The van der Waals surface area contributed by atoms with Gasteiger partial charge in [0.1, 0.15) is 17.3 Å². The van der Waals surface area contributed by atoms with Crippen LogP contribution in [0, 0.1) is 0 Å². The minimum Gasteiger partial charge on any atom is -0.507 e. The van der Waals surface area contributed by atoms with Crippen molar-refractivity contribution in [3.8, 4) is 11.5 Å². The number of hydrogen-bond acceptors (Lipinski definition) is 3. The van der Waals surface area contributed by atoms with Crippen molar-refractivity contribution in [2.75, 3.05) is 7.11 Å². The van der Waals surface area contributed by atoms with Gasteiger partial charge in [-0.15, -0.1) is 0 Å². The molecule has 0 heterocycles. The third-order valence-electron chi connectivity index (χ3n) is 2.58. The van der Waals surface area contributed by atoms with E-state index in [1.807, 2.05) is 30.3 Å². The summed E-state index contributed by atoms with van der Waals surface area (Å²) in [6.07, 6.45) is 1.60. The van der Waals surface area contributed by atoms with Gasteiger partial charge in [-0.1, -0.05) is 30.3 Å². The summed E-state index contributed by atoms with van der Waals surface area (Å²) in [5.41, 5.74) is 1.24. The number of phenols is 1. The molecule has 0 radical (unpaired) electrons. The Morgan fingerprint density at radius 3 is 2.44 bits per heavy atom. The first-order valence-electron chi connectivity index (χ1n) is 5.54. The third kappa shape index (κ3) is 2.63. The van der Waals surface area contributed by atoms with E-state index in [2.05, 4.69) is 0 Å². The maximum absolute atomic E-state index is 9.98. The van der Waals surface area contributed by atoms with Crippen LogP contribution in [0.4, 0.5) is 0 Å². The molecule has 3 heteroatoms. The first-order chi connectivity index (χ1) is 8.70. The van der Waals surface area contributed by atoms with Crippen LogP contribution in [0.5, 0.6) is 11.5 Å². The van der Waals surface area contributed by atoms with E-state index in [-0.39, 0.29) is 11.5 Å². The van der Waals surface area contributed by atoms with E-state index in [4.69, 9.17) is 4.74 Å². The Bertz CT molecular complexity index is 559. The van der Waals surface area contributed by atoms with Crippen molar-refractivity contribution in [3.63, 3.8) is 0 Å². The molecule has 0 unspecified atom stereocenters. The summed E-state index contributed by atoms with van der Waals surface area (Å²) in [5.74, 6) is 0.546. The molecule has 0 fully saturated rings. The van der Waals surface area contributed by atoms with Crippen molar-refractivity contribution in [2.45, 2.75) is 0 Å². The number of aromatic hydroxyl groups is 1. The molecule has 0 aromatic heterocycles. The van der Waals surface area contributed by atoms with E-state index >= 15 is 0 Å². The molecule has 2 N–H and O–H groups in total. The molecule has 0 bridgehead atoms. The summed E-state index contributed by atoms with van der Waals surface area (Å²) < 4.78 is 4.99. The highest BCUT2D eigenvalue weighted by Gasteiger charge is 2.07. The average Bonchev–Trinajstić information content (AvgIpc) is 2.39. The summed E-state index contributed by atoms with van der Waals surface area (Å²) in [5, 5.41) is 19.8. The zero-order valence-electron chi connectivity index (χ0n) is 10.00. The predicted octanol–water partition coefficient (Wildman–Crippen LogP) is 3.46.